The molecule has 20 heavy (non-hydrogen) atoms. The molecule has 0 heterocycles. The molecule has 0 aliphatic heterocycles. The zero-order chi connectivity index (χ0) is 15.3. The van der Waals surface area contributed by atoms with E-state index in [9.17, 15) is 13.2 Å². The SMILES string of the molecule is CCC(CSC)NS(=O)(=O)c1cc(N)ccc1C(=O)O. The number of carboxylic acids is 1. The lowest BCUT2D eigenvalue weighted by Crippen LogP contribution is -2.36. The predicted molar refractivity (Wildman–Crippen MR) is 80.6 cm³/mol. The van der Waals surface area contributed by atoms with Gasteiger partial charge in [0.2, 0.25) is 10.0 Å². The number of rotatable bonds is 7. The molecule has 0 aromatic heterocycles. The van der Waals surface area contributed by atoms with Gasteiger partial charge in [0, 0.05) is 17.5 Å². The van der Waals surface area contributed by atoms with Crippen molar-refractivity contribution in [3.05, 3.63) is 23.8 Å². The van der Waals surface area contributed by atoms with Gasteiger partial charge in [-0.25, -0.2) is 17.9 Å². The van der Waals surface area contributed by atoms with Crippen LogP contribution in [0.4, 0.5) is 5.69 Å². The second-order valence-corrected chi connectivity index (χ2v) is 6.84. The molecule has 1 aromatic rings. The summed E-state index contributed by atoms with van der Waals surface area (Å²) in [5.41, 5.74) is 5.47. The fraction of sp³-hybridized carbons (Fsp3) is 0.417. The first-order valence-corrected chi connectivity index (χ1v) is 8.83. The molecule has 0 amide bonds. The Morgan fingerprint density at radius 2 is 2.15 bits per heavy atom. The van der Waals surface area contributed by atoms with Crippen LogP contribution in [0.3, 0.4) is 0 Å². The highest BCUT2D eigenvalue weighted by Crippen LogP contribution is 2.20. The third kappa shape index (κ3) is 4.12. The van der Waals surface area contributed by atoms with Crippen LogP contribution < -0.4 is 10.5 Å². The fourth-order valence-electron chi connectivity index (χ4n) is 1.66. The summed E-state index contributed by atoms with van der Waals surface area (Å²) >= 11 is 1.52. The number of nitrogens with two attached hydrogens (primary N) is 1. The van der Waals surface area contributed by atoms with Crippen LogP contribution in [0, 0.1) is 0 Å². The predicted octanol–water partition coefficient (Wildman–Crippen LogP) is 1.39. The standard InChI is InChI=1S/C12H18N2O4S2/c1-3-9(7-19-2)14-20(17,18)11-6-8(13)4-5-10(11)12(15)16/h4-6,9,14H,3,7,13H2,1-2H3,(H,15,16). The van der Waals surface area contributed by atoms with Crippen LogP contribution in [0.25, 0.3) is 0 Å². The second kappa shape index (κ2) is 6.96. The van der Waals surface area contributed by atoms with Crippen molar-refractivity contribution in [2.24, 2.45) is 0 Å². The number of nitrogen functional groups attached to an aromatic ring is 1. The van der Waals surface area contributed by atoms with E-state index in [-0.39, 0.29) is 22.2 Å². The number of benzene rings is 1. The van der Waals surface area contributed by atoms with Gasteiger partial charge >= 0.3 is 5.97 Å². The van der Waals surface area contributed by atoms with E-state index in [4.69, 9.17) is 10.8 Å². The quantitative estimate of drug-likeness (QED) is 0.655. The largest absolute Gasteiger partial charge is 0.478 e. The number of carbonyl (C=O) groups is 1. The van der Waals surface area contributed by atoms with Gasteiger partial charge in [0.1, 0.15) is 0 Å². The van der Waals surface area contributed by atoms with Gasteiger partial charge in [0.25, 0.3) is 0 Å². The summed E-state index contributed by atoms with van der Waals surface area (Å²) < 4.78 is 27.1. The summed E-state index contributed by atoms with van der Waals surface area (Å²) in [7, 11) is -3.92. The van der Waals surface area contributed by atoms with Crippen LogP contribution in [0.15, 0.2) is 23.1 Å². The Kier molecular flexibility index (Phi) is 5.85. The van der Waals surface area contributed by atoms with Crippen LogP contribution >= 0.6 is 11.8 Å². The van der Waals surface area contributed by atoms with Crippen molar-refractivity contribution in [1.82, 2.24) is 4.72 Å². The van der Waals surface area contributed by atoms with Crippen LogP contribution in [-0.2, 0) is 10.0 Å². The highest BCUT2D eigenvalue weighted by atomic mass is 32.2. The number of carboxylic acid groups (broad SMARTS) is 1. The van der Waals surface area contributed by atoms with Gasteiger partial charge in [-0.05, 0) is 30.9 Å². The van der Waals surface area contributed by atoms with Crippen molar-refractivity contribution in [2.45, 2.75) is 24.3 Å². The van der Waals surface area contributed by atoms with E-state index < -0.39 is 16.0 Å². The number of sulfonamides is 1. The molecule has 112 valence electrons. The first kappa shape index (κ1) is 16.8. The number of anilines is 1. The summed E-state index contributed by atoms with van der Waals surface area (Å²) in [6.45, 7) is 1.86. The van der Waals surface area contributed by atoms with Crippen LogP contribution in [0.2, 0.25) is 0 Å². The van der Waals surface area contributed by atoms with Gasteiger partial charge < -0.3 is 10.8 Å². The van der Waals surface area contributed by atoms with Crippen LogP contribution in [-0.4, -0.2) is 37.5 Å². The molecule has 1 aromatic carbocycles. The summed E-state index contributed by atoms with van der Waals surface area (Å²) in [4.78, 5) is 10.8. The minimum Gasteiger partial charge on any atom is -0.478 e. The van der Waals surface area contributed by atoms with Crippen LogP contribution in [0.1, 0.15) is 23.7 Å². The number of hydrogen-bond donors (Lipinski definition) is 3. The Hall–Kier alpha value is -1.25. The molecule has 0 aliphatic carbocycles. The molecule has 1 atom stereocenters. The average Bonchev–Trinajstić information content (AvgIpc) is 2.37. The Bertz CT molecular complexity index is 587. The molecule has 6 nitrogen and oxygen atoms in total. The number of aromatic carboxylic acids is 1. The third-order valence-electron chi connectivity index (χ3n) is 2.71. The molecule has 0 bridgehead atoms. The molecule has 0 aliphatic rings. The molecule has 1 rings (SSSR count). The maximum absolute atomic E-state index is 12.3. The van der Waals surface area contributed by atoms with Gasteiger partial charge in [-0.3, -0.25) is 0 Å². The lowest BCUT2D eigenvalue weighted by atomic mass is 10.2. The van der Waals surface area contributed by atoms with Crippen molar-refractivity contribution in [3.8, 4) is 0 Å². The van der Waals surface area contributed by atoms with Crippen molar-refractivity contribution in [1.29, 1.82) is 0 Å². The third-order valence-corrected chi connectivity index (χ3v) is 5.00. The van der Waals surface area contributed by atoms with E-state index in [1.807, 2.05) is 13.2 Å². The van der Waals surface area contributed by atoms with E-state index in [0.29, 0.717) is 12.2 Å². The Labute approximate surface area is 122 Å². The zero-order valence-corrected chi connectivity index (χ0v) is 12.9. The highest BCUT2D eigenvalue weighted by molar-refractivity contribution is 7.98. The average molecular weight is 318 g/mol. The lowest BCUT2D eigenvalue weighted by molar-refractivity contribution is 0.0692. The van der Waals surface area contributed by atoms with Gasteiger partial charge in [-0.15, -0.1) is 0 Å². The summed E-state index contributed by atoms with van der Waals surface area (Å²) in [6, 6.07) is 3.47. The summed E-state index contributed by atoms with van der Waals surface area (Å²) in [6.07, 6.45) is 2.49. The second-order valence-electron chi connectivity index (χ2n) is 4.24. The minimum absolute atomic E-state index is 0.202. The number of hydrogen-bond acceptors (Lipinski definition) is 5. The molecule has 0 spiro atoms. The molecule has 1 unspecified atom stereocenters. The fourth-order valence-corrected chi connectivity index (χ4v) is 4.04. The topological polar surface area (TPSA) is 109 Å². The first-order chi connectivity index (χ1) is 9.31. The molecule has 0 fully saturated rings. The molecular formula is C12H18N2O4S2. The molecule has 4 N–H and O–H groups in total. The maximum atomic E-state index is 12.3. The molecule has 0 radical (unpaired) electrons. The van der Waals surface area contributed by atoms with E-state index >= 15 is 0 Å². The van der Waals surface area contributed by atoms with Crippen molar-refractivity contribution in [2.75, 3.05) is 17.7 Å². The first-order valence-electron chi connectivity index (χ1n) is 5.96. The van der Waals surface area contributed by atoms with Gasteiger partial charge in [0.15, 0.2) is 0 Å². The highest BCUT2D eigenvalue weighted by Gasteiger charge is 2.24. The van der Waals surface area contributed by atoms with Gasteiger partial charge in [-0.2, -0.15) is 11.8 Å². The normalized spacial score (nSPS) is 13.1. The zero-order valence-electron chi connectivity index (χ0n) is 11.3. The van der Waals surface area contributed by atoms with Gasteiger partial charge in [0.05, 0.1) is 10.5 Å². The smallest absolute Gasteiger partial charge is 0.337 e. The summed E-state index contributed by atoms with van der Waals surface area (Å²) in [5.74, 6) is -0.691. The van der Waals surface area contributed by atoms with E-state index in [1.165, 1.54) is 23.9 Å². The minimum atomic E-state index is -3.92. The van der Waals surface area contributed by atoms with E-state index in [1.54, 1.807) is 0 Å². The number of thioether (sulfide) groups is 1. The van der Waals surface area contributed by atoms with Crippen molar-refractivity contribution >= 4 is 33.4 Å². The molecule has 0 saturated carbocycles. The maximum Gasteiger partial charge on any atom is 0.337 e. The Morgan fingerprint density at radius 3 is 2.65 bits per heavy atom. The van der Waals surface area contributed by atoms with E-state index in [0.717, 1.165) is 6.07 Å². The van der Waals surface area contributed by atoms with Crippen molar-refractivity contribution < 1.29 is 18.3 Å². The van der Waals surface area contributed by atoms with Crippen LogP contribution in [0.5, 0.6) is 0 Å². The molecule has 8 heteroatoms. The molecular weight excluding hydrogens is 300 g/mol. The van der Waals surface area contributed by atoms with Gasteiger partial charge in [-0.1, -0.05) is 6.92 Å². The molecule has 0 saturated heterocycles. The van der Waals surface area contributed by atoms with Crippen molar-refractivity contribution in [3.63, 3.8) is 0 Å². The number of nitrogens with one attached hydrogen (secondary N) is 1. The van der Waals surface area contributed by atoms with E-state index in [2.05, 4.69) is 4.72 Å². The lowest BCUT2D eigenvalue weighted by Gasteiger charge is -2.17. The Balaban J connectivity index is 3.21. The monoisotopic (exact) mass is 318 g/mol. The Morgan fingerprint density at radius 1 is 1.50 bits per heavy atom. The summed E-state index contributed by atoms with van der Waals surface area (Å²) in [5, 5.41) is 9.08.